The maximum atomic E-state index is 12.3. The Bertz CT molecular complexity index is 717. The van der Waals surface area contributed by atoms with Gasteiger partial charge in [-0.2, -0.15) is 5.26 Å². The van der Waals surface area contributed by atoms with Gasteiger partial charge in [0, 0.05) is 11.6 Å². The largest absolute Gasteiger partial charge is 0.443 e. The van der Waals surface area contributed by atoms with Gasteiger partial charge in [0.2, 0.25) is 0 Å². The Morgan fingerprint density at radius 3 is 2.71 bits per heavy atom. The highest BCUT2D eigenvalue weighted by molar-refractivity contribution is 5.92. The fourth-order valence-electron chi connectivity index (χ4n) is 2.18. The summed E-state index contributed by atoms with van der Waals surface area (Å²) in [6.45, 7) is 5.95. The van der Waals surface area contributed by atoms with E-state index in [2.05, 4.69) is 6.07 Å². The van der Waals surface area contributed by atoms with Crippen molar-refractivity contribution in [2.75, 3.05) is 6.54 Å². The molecule has 0 saturated heterocycles. The van der Waals surface area contributed by atoms with Crippen LogP contribution in [0.3, 0.4) is 0 Å². The molecule has 1 heterocycles. The number of aromatic nitrogens is 1. The van der Waals surface area contributed by atoms with Crippen molar-refractivity contribution in [3.05, 3.63) is 35.5 Å². The van der Waals surface area contributed by atoms with Gasteiger partial charge in [0.05, 0.1) is 17.1 Å². The van der Waals surface area contributed by atoms with Gasteiger partial charge in [-0.25, -0.2) is 4.79 Å². The molecule has 0 aliphatic heterocycles. The monoisotopic (exact) mass is 285 g/mol. The molecule has 1 aromatic carbocycles. The third-order valence-electron chi connectivity index (χ3n) is 3.02. The summed E-state index contributed by atoms with van der Waals surface area (Å²) in [5.74, 6) is 0. The quantitative estimate of drug-likeness (QED) is 0.920. The summed E-state index contributed by atoms with van der Waals surface area (Å²) in [5.41, 5.74) is 7.28. The summed E-state index contributed by atoms with van der Waals surface area (Å²) in [7, 11) is 0. The van der Waals surface area contributed by atoms with Gasteiger partial charge in [0.1, 0.15) is 5.60 Å². The highest BCUT2D eigenvalue weighted by Gasteiger charge is 2.20. The summed E-state index contributed by atoms with van der Waals surface area (Å²) in [5, 5.41) is 9.88. The molecular weight excluding hydrogens is 266 g/mol. The van der Waals surface area contributed by atoms with Crippen LogP contribution < -0.4 is 5.73 Å². The SMILES string of the molecule is CC(C)(C)OC(=O)n1cc(CCN)c2cc(C#N)ccc21. The summed E-state index contributed by atoms with van der Waals surface area (Å²) < 4.78 is 6.89. The first kappa shape index (κ1) is 15.1. The number of ether oxygens (including phenoxy) is 1. The fraction of sp³-hybridized carbons (Fsp3) is 0.375. The second kappa shape index (κ2) is 5.58. The molecule has 1 aromatic heterocycles. The number of hydrogen-bond acceptors (Lipinski definition) is 4. The highest BCUT2D eigenvalue weighted by Crippen LogP contribution is 2.24. The van der Waals surface area contributed by atoms with E-state index in [1.807, 2.05) is 20.8 Å². The lowest BCUT2D eigenvalue weighted by molar-refractivity contribution is 0.0544. The van der Waals surface area contributed by atoms with Gasteiger partial charge in [0.25, 0.3) is 0 Å². The van der Waals surface area contributed by atoms with E-state index in [0.717, 1.165) is 16.5 Å². The van der Waals surface area contributed by atoms with Crippen molar-refractivity contribution in [3.8, 4) is 6.07 Å². The van der Waals surface area contributed by atoms with Crippen molar-refractivity contribution < 1.29 is 9.53 Å². The zero-order chi connectivity index (χ0) is 15.6. The zero-order valence-electron chi connectivity index (χ0n) is 12.5. The molecule has 2 rings (SSSR count). The Kier molecular flexibility index (Phi) is 4.01. The average Bonchev–Trinajstić information content (AvgIpc) is 2.75. The van der Waals surface area contributed by atoms with Crippen molar-refractivity contribution in [2.45, 2.75) is 32.8 Å². The van der Waals surface area contributed by atoms with Crippen molar-refractivity contribution in [3.63, 3.8) is 0 Å². The van der Waals surface area contributed by atoms with Gasteiger partial charge >= 0.3 is 6.09 Å². The van der Waals surface area contributed by atoms with Crippen LogP contribution in [0, 0.1) is 11.3 Å². The minimum atomic E-state index is -0.561. The molecule has 0 saturated carbocycles. The molecule has 0 unspecified atom stereocenters. The number of carbonyl (C=O) groups is 1. The van der Waals surface area contributed by atoms with E-state index < -0.39 is 11.7 Å². The standard InChI is InChI=1S/C16H19N3O2/c1-16(2,3)21-15(20)19-10-12(6-7-17)13-8-11(9-18)4-5-14(13)19/h4-5,8,10H,6-7,17H2,1-3H3. The smallest absolute Gasteiger partial charge is 0.419 e. The van der Waals surface area contributed by atoms with Crippen LogP contribution in [-0.2, 0) is 11.2 Å². The van der Waals surface area contributed by atoms with Crippen molar-refractivity contribution in [2.24, 2.45) is 5.73 Å². The predicted octanol–water partition coefficient (Wildman–Crippen LogP) is 2.80. The van der Waals surface area contributed by atoms with Crippen LogP contribution >= 0.6 is 0 Å². The number of rotatable bonds is 2. The molecule has 21 heavy (non-hydrogen) atoms. The second-order valence-corrected chi connectivity index (χ2v) is 5.89. The van der Waals surface area contributed by atoms with E-state index in [9.17, 15) is 4.79 Å². The lowest BCUT2D eigenvalue weighted by atomic mass is 10.1. The van der Waals surface area contributed by atoms with E-state index in [1.54, 1.807) is 24.4 Å². The lowest BCUT2D eigenvalue weighted by Crippen LogP contribution is -2.26. The lowest BCUT2D eigenvalue weighted by Gasteiger charge is -2.19. The molecule has 0 fully saturated rings. The summed E-state index contributed by atoms with van der Waals surface area (Å²) in [4.78, 5) is 12.3. The van der Waals surface area contributed by atoms with E-state index in [-0.39, 0.29) is 0 Å². The fourth-order valence-corrected chi connectivity index (χ4v) is 2.18. The first-order chi connectivity index (χ1) is 9.85. The molecule has 0 aliphatic rings. The van der Waals surface area contributed by atoms with Crippen LogP contribution in [0.25, 0.3) is 10.9 Å². The minimum Gasteiger partial charge on any atom is -0.443 e. The van der Waals surface area contributed by atoms with Crippen LogP contribution in [0.15, 0.2) is 24.4 Å². The van der Waals surface area contributed by atoms with Crippen LogP contribution in [0.1, 0.15) is 31.9 Å². The number of nitrogens with zero attached hydrogens (tertiary/aromatic N) is 2. The van der Waals surface area contributed by atoms with Crippen molar-refractivity contribution in [1.82, 2.24) is 4.57 Å². The Morgan fingerprint density at radius 2 is 2.14 bits per heavy atom. The normalized spacial score (nSPS) is 11.4. The maximum absolute atomic E-state index is 12.3. The molecule has 0 spiro atoms. The Hall–Kier alpha value is -2.32. The molecule has 0 aliphatic carbocycles. The number of hydrogen-bond donors (Lipinski definition) is 1. The van der Waals surface area contributed by atoms with Gasteiger partial charge in [-0.15, -0.1) is 0 Å². The average molecular weight is 285 g/mol. The van der Waals surface area contributed by atoms with E-state index in [0.29, 0.717) is 18.5 Å². The predicted molar refractivity (Wildman–Crippen MR) is 81.0 cm³/mol. The Balaban J connectivity index is 2.55. The Morgan fingerprint density at radius 1 is 1.43 bits per heavy atom. The van der Waals surface area contributed by atoms with Crippen LogP contribution in [-0.4, -0.2) is 22.8 Å². The summed E-state index contributed by atoms with van der Waals surface area (Å²) in [6.07, 6.45) is 1.95. The summed E-state index contributed by atoms with van der Waals surface area (Å²) in [6, 6.07) is 7.34. The molecule has 5 nitrogen and oxygen atoms in total. The van der Waals surface area contributed by atoms with Gasteiger partial charge in [-0.3, -0.25) is 4.57 Å². The number of carbonyl (C=O) groups excluding carboxylic acids is 1. The summed E-state index contributed by atoms with van der Waals surface area (Å²) >= 11 is 0. The van der Waals surface area contributed by atoms with Gasteiger partial charge < -0.3 is 10.5 Å². The van der Waals surface area contributed by atoms with Gasteiger partial charge in [-0.05, 0) is 57.5 Å². The van der Waals surface area contributed by atoms with E-state index in [1.165, 1.54) is 4.57 Å². The second-order valence-electron chi connectivity index (χ2n) is 5.89. The number of fused-ring (bicyclic) bond motifs is 1. The van der Waals surface area contributed by atoms with Crippen LogP contribution in [0.2, 0.25) is 0 Å². The minimum absolute atomic E-state index is 0.430. The topological polar surface area (TPSA) is 81.0 Å². The first-order valence-electron chi connectivity index (χ1n) is 6.83. The maximum Gasteiger partial charge on any atom is 0.419 e. The number of nitrogens with two attached hydrogens (primary N) is 1. The molecule has 110 valence electrons. The zero-order valence-corrected chi connectivity index (χ0v) is 12.5. The third-order valence-corrected chi connectivity index (χ3v) is 3.02. The molecule has 0 atom stereocenters. The molecule has 5 heteroatoms. The Labute approximate surface area is 123 Å². The van der Waals surface area contributed by atoms with E-state index in [4.69, 9.17) is 15.7 Å². The van der Waals surface area contributed by atoms with Gasteiger partial charge in [-0.1, -0.05) is 0 Å². The molecule has 0 bridgehead atoms. The van der Waals surface area contributed by atoms with Crippen LogP contribution in [0.4, 0.5) is 4.79 Å². The molecule has 0 amide bonds. The molecule has 0 radical (unpaired) electrons. The highest BCUT2D eigenvalue weighted by atomic mass is 16.6. The molecule has 2 aromatic rings. The molecule has 2 N–H and O–H groups in total. The van der Waals surface area contributed by atoms with E-state index >= 15 is 0 Å². The first-order valence-corrected chi connectivity index (χ1v) is 6.83. The number of benzene rings is 1. The molecular formula is C16H19N3O2. The van der Waals surface area contributed by atoms with Crippen molar-refractivity contribution in [1.29, 1.82) is 5.26 Å². The van der Waals surface area contributed by atoms with Gasteiger partial charge in [0.15, 0.2) is 0 Å². The number of nitriles is 1. The van der Waals surface area contributed by atoms with Crippen molar-refractivity contribution >= 4 is 17.0 Å². The third kappa shape index (κ3) is 3.23. The van der Waals surface area contributed by atoms with Crippen LogP contribution in [0.5, 0.6) is 0 Å².